The van der Waals surface area contributed by atoms with Gasteiger partial charge in [-0.05, 0) is 40.0 Å². The van der Waals surface area contributed by atoms with Crippen molar-refractivity contribution in [3.63, 3.8) is 0 Å². The highest BCUT2D eigenvalue weighted by molar-refractivity contribution is 9.11. The summed E-state index contributed by atoms with van der Waals surface area (Å²) in [7, 11) is 0. The summed E-state index contributed by atoms with van der Waals surface area (Å²) in [5.74, 6) is -0.249. The quantitative estimate of drug-likeness (QED) is 0.694. The molecular weight excluding hydrogens is 378 g/mol. The topological polar surface area (TPSA) is 81.2 Å². The van der Waals surface area contributed by atoms with Gasteiger partial charge in [0.25, 0.3) is 5.91 Å². The van der Waals surface area contributed by atoms with Crippen LogP contribution in [0, 0.1) is 0 Å². The fraction of sp³-hybridized carbons (Fsp3) is 0.125. The van der Waals surface area contributed by atoms with Gasteiger partial charge in [-0.1, -0.05) is 35.5 Å². The Bertz CT molecular complexity index is 814. The first-order valence-corrected chi connectivity index (χ1v) is 8.59. The summed E-state index contributed by atoms with van der Waals surface area (Å²) in [6.07, 6.45) is 0.748. The summed E-state index contributed by atoms with van der Waals surface area (Å²) >= 11 is 4.86. The van der Waals surface area contributed by atoms with E-state index in [0.717, 1.165) is 20.6 Å². The van der Waals surface area contributed by atoms with E-state index in [-0.39, 0.29) is 17.4 Å². The molecule has 23 heavy (non-hydrogen) atoms. The van der Waals surface area contributed by atoms with E-state index in [9.17, 15) is 4.79 Å². The maximum absolute atomic E-state index is 12.4. The largest absolute Gasteiger partial charge is 0.367 e. The molecule has 0 saturated heterocycles. The molecule has 3 N–H and O–H groups in total. The molecule has 0 bridgehead atoms. The average Bonchev–Trinajstić information content (AvgIpc) is 3.14. The minimum Gasteiger partial charge on any atom is -0.367 e. The molecule has 0 unspecified atom stereocenters. The molecule has 5 nitrogen and oxygen atoms in total. The first-order chi connectivity index (χ1) is 11.1. The van der Waals surface area contributed by atoms with Gasteiger partial charge >= 0.3 is 0 Å². The molecule has 0 radical (unpaired) electrons. The molecule has 1 aromatic carbocycles. The number of hydrogen-bond acceptors (Lipinski definition) is 5. The molecular formula is C16H14BrN3O2S. The Morgan fingerprint density at radius 1 is 1.26 bits per heavy atom. The molecule has 0 spiro atoms. The van der Waals surface area contributed by atoms with Crippen molar-refractivity contribution in [3.8, 4) is 10.6 Å². The van der Waals surface area contributed by atoms with Crippen LogP contribution in [-0.4, -0.2) is 17.6 Å². The van der Waals surface area contributed by atoms with Crippen LogP contribution in [0.4, 0.5) is 5.88 Å². The Morgan fingerprint density at radius 2 is 2.04 bits per heavy atom. The zero-order valence-electron chi connectivity index (χ0n) is 12.1. The molecule has 2 heterocycles. The summed E-state index contributed by atoms with van der Waals surface area (Å²) < 4.78 is 5.95. The molecule has 1 amide bonds. The minimum atomic E-state index is -0.279. The highest BCUT2D eigenvalue weighted by Crippen LogP contribution is 2.34. The Labute approximate surface area is 145 Å². The summed E-state index contributed by atoms with van der Waals surface area (Å²) in [5, 5.41) is 6.78. The molecule has 0 fully saturated rings. The van der Waals surface area contributed by atoms with Gasteiger partial charge in [-0.3, -0.25) is 4.79 Å². The maximum atomic E-state index is 12.4. The highest BCUT2D eigenvalue weighted by Gasteiger charge is 2.23. The number of nitrogens with two attached hydrogens (primary N) is 1. The van der Waals surface area contributed by atoms with Crippen molar-refractivity contribution in [2.75, 3.05) is 12.3 Å². The number of hydrogen-bond donors (Lipinski definition) is 2. The number of aromatic nitrogens is 1. The maximum Gasteiger partial charge on any atom is 0.259 e. The van der Waals surface area contributed by atoms with Crippen molar-refractivity contribution < 1.29 is 9.32 Å². The minimum absolute atomic E-state index is 0.0294. The third-order valence-electron chi connectivity index (χ3n) is 3.29. The van der Waals surface area contributed by atoms with Crippen LogP contribution in [0.5, 0.6) is 0 Å². The molecule has 118 valence electrons. The van der Waals surface area contributed by atoms with Crippen LogP contribution in [0.25, 0.3) is 10.6 Å². The standard InChI is InChI=1S/C16H14BrN3O2S/c17-12-7-6-11(23-12)14-13(15(18)22-20-14)16(21)19-9-8-10-4-2-1-3-5-10/h1-7H,8-9,18H2,(H,19,21). The van der Waals surface area contributed by atoms with E-state index in [2.05, 4.69) is 26.4 Å². The van der Waals surface area contributed by atoms with Gasteiger partial charge in [0.15, 0.2) is 0 Å². The lowest BCUT2D eigenvalue weighted by atomic mass is 10.1. The number of nitrogens with one attached hydrogen (secondary N) is 1. The van der Waals surface area contributed by atoms with Crippen LogP contribution in [0.15, 0.2) is 50.8 Å². The Morgan fingerprint density at radius 3 is 2.74 bits per heavy atom. The third-order valence-corrected chi connectivity index (χ3v) is 4.92. The van der Waals surface area contributed by atoms with Crippen LogP contribution >= 0.6 is 27.3 Å². The van der Waals surface area contributed by atoms with Crippen LogP contribution in [0.2, 0.25) is 0 Å². The molecule has 0 aliphatic rings. The van der Waals surface area contributed by atoms with Gasteiger partial charge in [0, 0.05) is 6.54 Å². The fourth-order valence-corrected chi connectivity index (χ4v) is 3.56. The van der Waals surface area contributed by atoms with Gasteiger partial charge in [-0.15, -0.1) is 11.3 Å². The van der Waals surface area contributed by atoms with Gasteiger partial charge in [0.05, 0.1) is 8.66 Å². The summed E-state index contributed by atoms with van der Waals surface area (Å²) in [6, 6.07) is 13.7. The zero-order valence-corrected chi connectivity index (χ0v) is 14.5. The van der Waals surface area contributed by atoms with Gasteiger partial charge in [0.1, 0.15) is 11.3 Å². The molecule has 0 saturated carbocycles. The molecule has 3 rings (SSSR count). The van der Waals surface area contributed by atoms with E-state index in [1.54, 1.807) is 0 Å². The lowest BCUT2D eigenvalue weighted by Gasteiger charge is -2.05. The Balaban J connectivity index is 1.71. The number of nitrogen functional groups attached to an aromatic ring is 1. The fourth-order valence-electron chi connectivity index (χ4n) is 2.19. The van der Waals surface area contributed by atoms with Crippen molar-refractivity contribution in [1.82, 2.24) is 10.5 Å². The predicted octanol–water partition coefficient (Wildman–Crippen LogP) is 3.72. The lowest BCUT2D eigenvalue weighted by Crippen LogP contribution is -2.26. The van der Waals surface area contributed by atoms with Crippen molar-refractivity contribution in [1.29, 1.82) is 0 Å². The van der Waals surface area contributed by atoms with Crippen molar-refractivity contribution >= 4 is 39.1 Å². The number of amides is 1. The van der Waals surface area contributed by atoms with Gasteiger partial charge in [-0.25, -0.2) is 0 Å². The number of thiophene rings is 1. The first kappa shape index (κ1) is 15.8. The van der Waals surface area contributed by atoms with E-state index >= 15 is 0 Å². The molecule has 0 aliphatic heterocycles. The van der Waals surface area contributed by atoms with E-state index in [1.807, 2.05) is 42.5 Å². The summed E-state index contributed by atoms with van der Waals surface area (Å²) in [4.78, 5) is 13.2. The average molecular weight is 392 g/mol. The SMILES string of the molecule is Nc1onc(-c2ccc(Br)s2)c1C(=O)NCCc1ccccc1. The van der Waals surface area contributed by atoms with E-state index in [0.29, 0.717) is 12.2 Å². The van der Waals surface area contributed by atoms with Crippen molar-refractivity contribution in [2.45, 2.75) is 6.42 Å². The second-order valence-electron chi connectivity index (χ2n) is 4.87. The molecule has 0 aliphatic carbocycles. The van der Waals surface area contributed by atoms with Gasteiger partial charge in [-0.2, -0.15) is 0 Å². The van der Waals surface area contributed by atoms with Crippen LogP contribution in [0.1, 0.15) is 15.9 Å². The molecule has 0 atom stereocenters. The second kappa shape index (κ2) is 6.97. The summed E-state index contributed by atoms with van der Waals surface area (Å²) in [6.45, 7) is 0.515. The number of rotatable bonds is 5. The molecule has 3 aromatic rings. The van der Waals surface area contributed by atoms with Gasteiger partial charge in [0.2, 0.25) is 5.88 Å². The highest BCUT2D eigenvalue weighted by atomic mass is 79.9. The van der Waals surface area contributed by atoms with E-state index in [1.165, 1.54) is 11.3 Å². The van der Waals surface area contributed by atoms with E-state index in [4.69, 9.17) is 10.3 Å². The molecule has 2 aromatic heterocycles. The second-order valence-corrected chi connectivity index (χ2v) is 7.33. The lowest BCUT2D eigenvalue weighted by molar-refractivity contribution is 0.0955. The predicted molar refractivity (Wildman–Crippen MR) is 94.4 cm³/mol. The Hall–Kier alpha value is -2.12. The normalized spacial score (nSPS) is 10.7. The van der Waals surface area contributed by atoms with E-state index < -0.39 is 0 Å². The smallest absolute Gasteiger partial charge is 0.259 e. The van der Waals surface area contributed by atoms with Crippen molar-refractivity contribution in [3.05, 3.63) is 57.4 Å². The number of carbonyl (C=O) groups is 1. The number of halogens is 1. The van der Waals surface area contributed by atoms with Crippen LogP contribution < -0.4 is 11.1 Å². The molecule has 7 heteroatoms. The van der Waals surface area contributed by atoms with Crippen LogP contribution in [-0.2, 0) is 6.42 Å². The Kier molecular flexibility index (Phi) is 4.78. The number of carbonyl (C=O) groups excluding carboxylic acids is 1. The third kappa shape index (κ3) is 3.62. The number of nitrogens with zero attached hydrogens (tertiary/aromatic N) is 1. The van der Waals surface area contributed by atoms with Crippen molar-refractivity contribution in [2.24, 2.45) is 0 Å². The first-order valence-electron chi connectivity index (χ1n) is 6.98. The number of anilines is 1. The van der Waals surface area contributed by atoms with Crippen LogP contribution in [0.3, 0.4) is 0 Å². The summed E-state index contributed by atoms with van der Waals surface area (Å²) in [5.41, 5.74) is 7.69. The number of benzene rings is 1. The van der Waals surface area contributed by atoms with Gasteiger partial charge < -0.3 is 15.6 Å². The monoisotopic (exact) mass is 391 g/mol. The zero-order chi connectivity index (χ0) is 16.2.